The maximum atomic E-state index is 12.0. The van der Waals surface area contributed by atoms with Crippen LogP contribution in [0.5, 0.6) is 5.75 Å². The summed E-state index contributed by atoms with van der Waals surface area (Å²) in [6, 6.07) is 5.40. The highest BCUT2D eigenvalue weighted by Gasteiger charge is 2.34. The van der Waals surface area contributed by atoms with Gasteiger partial charge in [0, 0.05) is 0 Å². The average molecular weight is 335 g/mol. The van der Waals surface area contributed by atoms with Gasteiger partial charge < -0.3 is 14.6 Å². The molecular formula is C18H25NO5. The normalized spacial score (nSPS) is 15.5. The molecule has 1 aliphatic rings. The Bertz CT molecular complexity index is 616. The van der Waals surface area contributed by atoms with E-state index < -0.39 is 17.7 Å². The third-order valence-corrected chi connectivity index (χ3v) is 3.87. The molecule has 2 N–H and O–H groups in total. The molecule has 1 atom stereocenters. The van der Waals surface area contributed by atoms with Gasteiger partial charge in [-0.1, -0.05) is 6.07 Å². The number of methoxy groups -OCH3 is 1. The van der Waals surface area contributed by atoms with Crippen LogP contribution >= 0.6 is 0 Å². The lowest BCUT2D eigenvalue weighted by atomic mass is 9.90. The van der Waals surface area contributed by atoms with Gasteiger partial charge in [0.1, 0.15) is 11.4 Å². The van der Waals surface area contributed by atoms with E-state index in [1.165, 1.54) is 7.11 Å². The molecule has 1 fully saturated rings. The van der Waals surface area contributed by atoms with Crippen LogP contribution in [0.15, 0.2) is 18.2 Å². The summed E-state index contributed by atoms with van der Waals surface area (Å²) in [6.45, 7) is 5.36. The van der Waals surface area contributed by atoms with E-state index in [9.17, 15) is 9.59 Å². The van der Waals surface area contributed by atoms with Crippen LogP contribution in [-0.2, 0) is 9.53 Å². The summed E-state index contributed by atoms with van der Waals surface area (Å²) < 4.78 is 10.5. The van der Waals surface area contributed by atoms with E-state index in [4.69, 9.17) is 14.6 Å². The van der Waals surface area contributed by atoms with E-state index in [2.05, 4.69) is 5.32 Å². The number of carbonyl (C=O) groups excluding carboxylic acids is 1. The van der Waals surface area contributed by atoms with Crippen molar-refractivity contribution in [3.63, 3.8) is 0 Å². The molecule has 132 valence electrons. The minimum absolute atomic E-state index is 0.0485. The van der Waals surface area contributed by atoms with E-state index in [1.807, 2.05) is 6.07 Å². The summed E-state index contributed by atoms with van der Waals surface area (Å²) in [5, 5.41) is 11.8. The highest BCUT2D eigenvalue weighted by molar-refractivity contribution is 5.87. The van der Waals surface area contributed by atoms with Gasteiger partial charge in [-0.2, -0.15) is 0 Å². The Hall–Kier alpha value is -2.24. The van der Waals surface area contributed by atoms with Crippen LogP contribution in [0.25, 0.3) is 0 Å². The van der Waals surface area contributed by atoms with Crippen LogP contribution in [0.2, 0.25) is 0 Å². The zero-order valence-electron chi connectivity index (χ0n) is 14.6. The minimum Gasteiger partial charge on any atom is -0.495 e. The molecule has 24 heavy (non-hydrogen) atoms. The fourth-order valence-corrected chi connectivity index (χ4v) is 2.71. The fraction of sp³-hybridized carbons (Fsp3) is 0.556. The Balaban J connectivity index is 2.23. The van der Waals surface area contributed by atoms with Crippen LogP contribution in [-0.4, -0.2) is 29.9 Å². The molecule has 0 radical (unpaired) electrons. The third-order valence-electron chi connectivity index (χ3n) is 3.87. The number of anilines is 1. The molecule has 0 bridgehead atoms. The van der Waals surface area contributed by atoms with Crippen molar-refractivity contribution in [2.45, 2.75) is 51.6 Å². The number of benzene rings is 1. The average Bonchev–Trinajstić information content (AvgIpc) is 3.27. The van der Waals surface area contributed by atoms with Gasteiger partial charge in [-0.3, -0.25) is 10.1 Å². The first-order valence-corrected chi connectivity index (χ1v) is 8.09. The van der Waals surface area contributed by atoms with E-state index >= 15 is 0 Å². The van der Waals surface area contributed by atoms with E-state index in [0.29, 0.717) is 17.4 Å². The monoisotopic (exact) mass is 335 g/mol. The first-order chi connectivity index (χ1) is 11.2. The quantitative estimate of drug-likeness (QED) is 0.820. The van der Waals surface area contributed by atoms with E-state index in [1.54, 1.807) is 32.9 Å². The van der Waals surface area contributed by atoms with Crippen LogP contribution in [0, 0.1) is 5.92 Å². The lowest BCUT2D eigenvalue weighted by molar-refractivity contribution is -0.137. The van der Waals surface area contributed by atoms with Gasteiger partial charge in [0.25, 0.3) is 0 Å². The van der Waals surface area contributed by atoms with Gasteiger partial charge in [0.2, 0.25) is 0 Å². The van der Waals surface area contributed by atoms with Crippen LogP contribution in [0.4, 0.5) is 10.5 Å². The Morgan fingerprint density at radius 1 is 1.33 bits per heavy atom. The number of rotatable bonds is 6. The van der Waals surface area contributed by atoms with Gasteiger partial charge in [-0.25, -0.2) is 4.79 Å². The molecule has 0 saturated heterocycles. The number of hydrogen-bond acceptors (Lipinski definition) is 4. The number of ether oxygens (including phenoxy) is 2. The predicted octanol–water partition coefficient (Wildman–Crippen LogP) is 4.01. The first kappa shape index (κ1) is 18.1. The van der Waals surface area contributed by atoms with Crippen LogP contribution in [0.3, 0.4) is 0 Å². The van der Waals surface area contributed by atoms with Crippen molar-refractivity contribution < 1.29 is 24.2 Å². The summed E-state index contributed by atoms with van der Waals surface area (Å²) in [5.74, 6) is 0.0373. The number of carboxylic acid groups (broad SMARTS) is 1. The second kappa shape index (κ2) is 7.11. The van der Waals surface area contributed by atoms with Crippen molar-refractivity contribution in [2.24, 2.45) is 5.92 Å². The topological polar surface area (TPSA) is 84.9 Å². The van der Waals surface area contributed by atoms with Crippen molar-refractivity contribution in [3.8, 4) is 5.75 Å². The second-order valence-electron chi connectivity index (χ2n) is 7.13. The SMILES string of the molecule is COc1ccc(C(CC(=O)O)C2CC2)cc1NC(=O)OC(C)(C)C. The first-order valence-electron chi connectivity index (χ1n) is 8.09. The molecule has 0 spiro atoms. The maximum absolute atomic E-state index is 12.0. The Morgan fingerprint density at radius 2 is 2.00 bits per heavy atom. The van der Waals surface area contributed by atoms with Gasteiger partial charge in [0.05, 0.1) is 19.2 Å². The highest BCUT2D eigenvalue weighted by Crippen LogP contribution is 2.45. The number of hydrogen-bond donors (Lipinski definition) is 2. The summed E-state index contributed by atoms with van der Waals surface area (Å²) >= 11 is 0. The van der Waals surface area contributed by atoms with Gasteiger partial charge >= 0.3 is 12.1 Å². The number of nitrogens with one attached hydrogen (secondary N) is 1. The standard InChI is InChI=1S/C18H25NO5/c1-18(2,3)24-17(22)19-14-9-12(7-8-15(14)23-4)13(10-16(20)21)11-5-6-11/h7-9,11,13H,5-6,10H2,1-4H3,(H,19,22)(H,20,21). The maximum Gasteiger partial charge on any atom is 0.412 e. The Morgan fingerprint density at radius 3 is 2.50 bits per heavy atom. The second-order valence-corrected chi connectivity index (χ2v) is 7.13. The summed E-state index contributed by atoms with van der Waals surface area (Å²) in [7, 11) is 1.52. The smallest absolute Gasteiger partial charge is 0.412 e. The van der Waals surface area contributed by atoms with Crippen molar-refractivity contribution >= 4 is 17.7 Å². The minimum atomic E-state index is -0.815. The molecule has 1 saturated carbocycles. The Kier molecular flexibility index (Phi) is 5.36. The molecule has 1 unspecified atom stereocenters. The molecule has 1 aromatic carbocycles. The molecule has 6 nitrogen and oxygen atoms in total. The zero-order chi connectivity index (χ0) is 17.9. The van der Waals surface area contributed by atoms with E-state index in [-0.39, 0.29) is 12.3 Å². The van der Waals surface area contributed by atoms with Crippen molar-refractivity contribution in [2.75, 3.05) is 12.4 Å². The number of aliphatic carboxylic acids is 1. The van der Waals surface area contributed by atoms with Crippen molar-refractivity contribution in [1.82, 2.24) is 0 Å². The lowest BCUT2D eigenvalue weighted by Crippen LogP contribution is -2.27. The molecule has 1 aliphatic carbocycles. The highest BCUT2D eigenvalue weighted by atomic mass is 16.6. The Labute approximate surface area is 142 Å². The molecular weight excluding hydrogens is 310 g/mol. The van der Waals surface area contributed by atoms with Crippen molar-refractivity contribution in [3.05, 3.63) is 23.8 Å². The number of amides is 1. The van der Waals surface area contributed by atoms with E-state index in [0.717, 1.165) is 18.4 Å². The molecule has 2 rings (SSSR count). The largest absolute Gasteiger partial charge is 0.495 e. The number of carbonyl (C=O) groups is 2. The van der Waals surface area contributed by atoms with Crippen LogP contribution in [0.1, 0.15) is 51.5 Å². The zero-order valence-corrected chi connectivity index (χ0v) is 14.6. The van der Waals surface area contributed by atoms with Gasteiger partial charge in [0.15, 0.2) is 0 Å². The predicted molar refractivity (Wildman–Crippen MR) is 90.6 cm³/mol. The van der Waals surface area contributed by atoms with Crippen molar-refractivity contribution in [1.29, 1.82) is 0 Å². The molecule has 0 heterocycles. The summed E-state index contributed by atoms with van der Waals surface area (Å²) in [5.41, 5.74) is 0.779. The molecule has 0 aliphatic heterocycles. The summed E-state index contributed by atoms with van der Waals surface area (Å²) in [6.07, 6.45) is 1.60. The van der Waals surface area contributed by atoms with Crippen LogP contribution < -0.4 is 10.1 Å². The van der Waals surface area contributed by atoms with Gasteiger partial charge in [-0.05, 0) is 63.1 Å². The molecule has 0 aromatic heterocycles. The molecule has 1 amide bonds. The molecule has 6 heteroatoms. The number of carboxylic acids is 1. The molecule has 1 aromatic rings. The van der Waals surface area contributed by atoms with Gasteiger partial charge in [-0.15, -0.1) is 0 Å². The third kappa shape index (κ3) is 5.15. The summed E-state index contributed by atoms with van der Waals surface area (Å²) in [4.78, 5) is 23.2. The lowest BCUT2D eigenvalue weighted by Gasteiger charge is -2.21. The fourth-order valence-electron chi connectivity index (χ4n) is 2.71.